The summed E-state index contributed by atoms with van der Waals surface area (Å²) >= 11 is 1.69. The molecule has 0 aliphatic carbocycles. The van der Waals surface area contributed by atoms with Gasteiger partial charge in [0, 0.05) is 41.6 Å². The molecule has 0 fully saturated rings. The molecule has 2 aromatic rings. The Labute approximate surface area is 118 Å². The molecule has 0 amide bonds. The van der Waals surface area contributed by atoms with Gasteiger partial charge in [0.25, 0.3) is 0 Å². The summed E-state index contributed by atoms with van der Waals surface area (Å²) in [5.74, 6) is 0. The lowest BCUT2D eigenvalue weighted by molar-refractivity contribution is 0.569. The Morgan fingerprint density at radius 3 is 2.58 bits per heavy atom. The third kappa shape index (κ3) is 3.04. The van der Waals surface area contributed by atoms with Crippen LogP contribution in [0.1, 0.15) is 48.8 Å². The summed E-state index contributed by atoms with van der Waals surface area (Å²) < 4.78 is 1.86. The lowest BCUT2D eigenvalue weighted by Gasteiger charge is -2.14. The van der Waals surface area contributed by atoms with Crippen LogP contribution >= 0.6 is 11.3 Å². The highest BCUT2D eigenvalue weighted by atomic mass is 32.1. The largest absolute Gasteiger partial charge is 0.323 e. The van der Waals surface area contributed by atoms with Crippen molar-refractivity contribution in [3.05, 3.63) is 33.5 Å². The van der Waals surface area contributed by atoms with Crippen LogP contribution in [0.2, 0.25) is 0 Å². The molecule has 4 nitrogen and oxygen atoms in total. The maximum Gasteiger partial charge on any atom is 0.0947 e. The summed E-state index contributed by atoms with van der Waals surface area (Å²) in [6.07, 6.45) is 2.63. The van der Waals surface area contributed by atoms with E-state index in [1.165, 1.54) is 0 Å². The van der Waals surface area contributed by atoms with Crippen molar-refractivity contribution in [3.63, 3.8) is 0 Å². The second-order valence-corrected chi connectivity index (χ2v) is 6.94. The molecule has 2 N–H and O–H groups in total. The maximum absolute atomic E-state index is 6.27. The predicted molar refractivity (Wildman–Crippen MR) is 79.4 cm³/mol. The van der Waals surface area contributed by atoms with E-state index in [4.69, 9.17) is 10.7 Å². The molecule has 2 rings (SSSR count). The van der Waals surface area contributed by atoms with Gasteiger partial charge >= 0.3 is 0 Å². The van der Waals surface area contributed by atoms with E-state index in [2.05, 4.69) is 31.2 Å². The van der Waals surface area contributed by atoms with Crippen molar-refractivity contribution in [2.24, 2.45) is 12.8 Å². The SMILES string of the molecule is Cc1c(C(N)Cc2nc(C(C)(C)C)cs2)cnn1C. The van der Waals surface area contributed by atoms with E-state index >= 15 is 0 Å². The summed E-state index contributed by atoms with van der Waals surface area (Å²) in [5.41, 5.74) is 9.75. The van der Waals surface area contributed by atoms with Gasteiger partial charge in [-0.25, -0.2) is 4.98 Å². The molecule has 0 spiro atoms. The number of aryl methyl sites for hydroxylation is 1. The van der Waals surface area contributed by atoms with Crippen molar-refractivity contribution in [2.45, 2.75) is 45.6 Å². The summed E-state index contributed by atoms with van der Waals surface area (Å²) in [4.78, 5) is 4.69. The second-order valence-electron chi connectivity index (χ2n) is 6.00. The van der Waals surface area contributed by atoms with Crippen molar-refractivity contribution in [1.82, 2.24) is 14.8 Å². The molecule has 0 aliphatic rings. The quantitative estimate of drug-likeness (QED) is 0.939. The standard InChI is InChI=1S/C14H22N4S/c1-9-10(7-16-18(9)5)11(15)6-13-17-12(8-19-13)14(2,3)4/h7-8,11H,6,15H2,1-5H3. The first-order chi connectivity index (χ1) is 8.79. The molecule has 0 saturated heterocycles. The van der Waals surface area contributed by atoms with E-state index in [1.807, 2.05) is 24.9 Å². The first-order valence-electron chi connectivity index (χ1n) is 6.48. The lowest BCUT2D eigenvalue weighted by Crippen LogP contribution is -2.15. The zero-order chi connectivity index (χ0) is 14.2. The normalized spacial score (nSPS) is 13.8. The van der Waals surface area contributed by atoms with E-state index in [0.29, 0.717) is 0 Å². The zero-order valence-electron chi connectivity index (χ0n) is 12.3. The molecule has 0 aliphatic heterocycles. The van der Waals surface area contributed by atoms with Crippen LogP contribution in [0.15, 0.2) is 11.6 Å². The molecule has 104 valence electrons. The fourth-order valence-corrected chi connectivity index (χ4v) is 3.01. The molecule has 1 atom stereocenters. The van der Waals surface area contributed by atoms with Crippen molar-refractivity contribution >= 4 is 11.3 Å². The van der Waals surface area contributed by atoms with Gasteiger partial charge in [-0.1, -0.05) is 20.8 Å². The Morgan fingerprint density at radius 1 is 1.42 bits per heavy atom. The Bertz CT molecular complexity index is 562. The van der Waals surface area contributed by atoms with Crippen LogP contribution in [0, 0.1) is 6.92 Å². The minimum atomic E-state index is -0.0346. The third-order valence-corrected chi connectivity index (χ3v) is 4.26. The highest BCUT2D eigenvalue weighted by Crippen LogP contribution is 2.26. The molecule has 1 unspecified atom stereocenters. The summed E-state index contributed by atoms with van der Waals surface area (Å²) in [7, 11) is 1.94. The molecule has 0 aromatic carbocycles. The molecule has 0 bridgehead atoms. The number of nitrogens with zero attached hydrogens (tertiary/aromatic N) is 3. The van der Waals surface area contributed by atoms with Gasteiger partial charge in [0.2, 0.25) is 0 Å². The van der Waals surface area contributed by atoms with E-state index in [0.717, 1.165) is 28.4 Å². The van der Waals surface area contributed by atoms with Crippen molar-refractivity contribution < 1.29 is 0 Å². The molecule has 0 radical (unpaired) electrons. The van der Waals surface area contributed by atoms with E-state index in [9.17, 15) is 0 Å². The van der Waals surface area contributed by atoms with Gasteiger partial charge in [-0.2, -0.15) is 5.10 Å². The molecule has 5 heteroatoms. The predicted octanol–water partition coefficient (Wildman–Crippen LogP) is 2.73. The fraction of sp³-hybridized carbons (Fsp3) is 0.571. The van der Waals surface area contributed by atoms with Crippen molar-refractivity contribution in [2.75, 3.05) is 0 Å². The van der Waals surface area contributed by atoms with Gasteiger partial charge < -0.3 is 5.73 Å². The highest BCUT2D eigenvalue weighted by Gasteiger charge is 2.19. The van der Waals surface area contributed by atoms with Crippen LogP contribution in [0.3, 0.4) is 0 Å². The van der Waals surface area contributed by atoms with Gasteiger partial charge in [-0.3, -0.25) is 4.68 Å². The molecular formula is C14H22N4S. The minimum absolute atomic E-state index is 0.0346. The molecule has 2 aromatic heterocycles. The van der Waals surface area contributed by atoms with Gasteiger partial charge in [0.15, 0.2) is 0 Å². The Morgan fingerprint density at radius 2 is 2.11 bits per heavy atom. The zero-order valence-corrected chi connectivity index (χ0v) is 13.1. The second kappa shape index (κ2) is 5.06. The molecule has 0 saturated carbocycles. The Hall–Kier alpha value is -1.20. The van der Waals surface area contributed by atoms with Crippen LogP contribution in [-0.2, 0) is 18.9 Å². The third-order valence-electron chi connectivity index (χ3n) is 3.39. The highest BCUT2D eigenvalue weighted by molar-refractivity contribution is 7.09. The Balaban J connectivity index is 2.13. The summed E-state index contributed by atoms with van der Waals surface area (Å²) in [6, 6.07) is -0.0346. The number of nitrogens with two attached hydrogens (primary N) is 1. The molecule has 2 heterocycles. The fourth-order valence-electron chi connectivity index (χ4n) is 1.93. The van der Waals surface area contributed by atoms with Gasteiger partial charge in [0.1, 0.15) is 0 Å². The first-order valence-corrected chi connectivity index (χ1v) is 7.36. The number of rotatable bonds is 3. The van der Waals surface area contributed by atoms with Gasteiger partial charge in [-0.15, -0.1) is 11.3 Å². The molecular weight excluding hydrogens is 256 g/mol. The maximum atomic E-state index is 6.27. The van der Waals surface area contributed by atoms with Crippen LogP contribution in [0.5, 0.6) is 0 Å². The smallest absolute Gasteiger partial charge is 0.0947 e. The first kappa shape index (κ1) is 14.2. The van der Waals surface area contributed by atoms with E-state index in [-0.39, 0.29) is 11.5 Å². The lowest BCUT2D eigenvalue weighted by atomic mass is 9.93. The monoisotopic (exact) mass is 278 g/mol. The number of thiazole rings is 1. The van der Waals surface area contributed by atoms with Gasteiger partial charge in [-0.05, 0) is 6.92 Å². The average molecular weight is 278 g/mol. The van der Waals surface area contributed by atoms with Gasteiger partial charge in [0.05, 0.1) is 16.9 Å². The number of aromatic nitrogens is 3. The summed E-state index contributed by atoms with van der Waals surface area (Å²) in [5, 5.41) is 7.48. The average Bonchev–Trinajstić information content (AvgIpc) is 2.87. The number of hydrogen-bond donors (Lipinski definition) is 1. The topological polar surface area (TPSA) is 56.7 Å². The van der Waals surface area contributed by atoms with Crippen molar-refractivity contribution in [3.8, 4) is 0 Å². The van der Waals surface area contributed by atoms with Crippen LogP contribution in [0.4, 0.5) is 0 Å². The van der Waals surface area contributed by atoms with E-state index in [1.54, 1.807) is 11.3 Å². The van der Waals surface area contributed by atoms with Crippen LogP contribution in [0.25, 0.3) is 0 Å². The number of hydrogen-bond acceptors (Lipinski definition) is 4. The molecule has 19 heavy (non-hydrogen) atoms. The summed E-state index contributed by atoms with van der Waals surface area (Å²) in [6.45, 7) is 8.58. The van der Waals surface area contributed by atoms with Crippen molar-refractivity contribution in [1.29, 1.82) is 0 Å². The Kier molecular flexibility index (Phi) is 3.78. The van der Waals surface area contributed by atoms with Crippen LogP contribution in [-0.4, -0.2) is 14.8 Å². The minimum Gasteiger partial charge on any atom is -0.323 e. The van der Waals surface area contributed by atoms with Crippen LogP contribution < -0.4 is 5.73 Å². The van der Waals surface area contributed by atoms with E-state index < -0.39 is 0 Å².